The van der Waals surface area contributed by atoms with Crippen molar-refractivity contribution in [1.29, 1.82) is 0 Å². The van der Waals surface area contributed by atoms with E-state index < -0.39 is 0 Å². The number of nitrogens with zero attached hydrogens (tertiary/aromatic N) is 2. The molecule has 4 heteroatoms. The van der Waals surface area contributed by atoms with Gasteiger partial charge in [-0.05, 0) is 31.9 Å². The number of carbonyl (C=O) groups excluding carboxylic acids is 1. The fourth-order valence-electron chi connectivity index (χ4n) is 1.27. The first kappa shape index (κ1) is 12.3. The molecule has 84 valence electrons. The molecule has 1 aromatic heterocycles. The molecule has 0 aliphatic rings. The first-order chi connectivity index (χ1) is 7.13. The van der Waals surface area contributed by atoms with E-state index in [9.17, 15) is 4.79 Å². The van der Waals surface area contributed by atoms with E-state index in [1.807, 2.05) is 23.2 Å². The number of ketones is 1. The molecule has 0 saturated heterocycles. The predicted molar refractivity (Wildman–Crippen MR) is 64.3 cm³/mol. The minimum Gasteiger partial charge on any atom is -0.299 e. The fourth-order valence-corrected chi connectivity index (χ4v) is 1.70. The van der Waals surface area contributed by atoms with Gasteiger partial charge in [0.1, 0.15) is 5.78 Å². The normalized spacial score (nSPS) is 10.9. The fraction of sp³-hybridized carbons (Fsp3) is 0.636. The van der Waals surface area contributed by atoms with E-state index in [2.05, 4.69) is 18.9 Å². The molecule has 0 fully saturated rings. The third-order valence-corrected chi connectivity index (χ3v) is 2.77. The Labute approximate surface area is 95.2 Å². The first-order valence-electron chi connectivity index (χ1n) is 5.18. The summed E-state index contributed by atoms with van der Waals surface area (Å²) in [7, 11) is 0. The van der Waals surface area contributed by atoms with Gasteiger partial charge in [0.2, 0.25) is 0 Å². The van der Waals surface area contributed by atoms with Crippen molar-refractivity contribution in [3.63, 3.8) is 0 Å². The molecule has 0 atom stereocenters. The number of Topliss-reactive ketones (excluding diaryl/α,β-unsaturated/α-hetero) is 1. The molecule has 3 nitrogen and oxygen atoms in total. The molecule has 0 N–H and O–H groups in total. The maximum absolute atomic E-state index is 11.5. The van der Waals surface area contributed by atoms with Crippen LogP contribution in [0.25, 0.3) is 0 Å². The second kappa shape index (κ2) is 5.95. The summed E-state index contributed by atoms with van der Waals surface area (Å²) >= 11 is 1.70. The third kappa shape index (κ3) is 4.08. The molecule has 0 spiro atoms. The van der Waals surface area contributed by atoms with Gasteiger partial charge < -0.3 is 0 Å². The molecule has 0 radical (unpaired) electrons. The number of hydrogen-bond donors (Lipinski definition) is 0. The molecular formula is C11H18N2OS. The standard InChI is InChI=1S/C11H18N2OS/c1-9(2)13-6-4-10(12-13)8-11(14)5-7-15-3/h4,6,9H,5,7-8H2,1-3H3. The molecule has 0 aliphatic carbocycles. The number of thioether (sulfide) groups is 1. The van der Waals surface area contributed by atoms with Gasteiger partial charge in [-0.3, -0.25) is 9.48 Å². The number of aromatic nitrogens is 2. The largest absolute Gasteiger partial charge is 0.299 e. The Morgan fingerprint density at radius 2 is 2.33 bits per heavy atom. The lowest BCUT2D eigenvalue weighted by Crippen LogP contribution is -2.06. The summed E-state index contributed by atoms with van der Waals surface area (Å²) in [4.78, 5) is 11.5. The van der Waals surface area contributed by atoms with Crippen molar-refractivity contribution in [1.82, 2.24) is 9.78 Å². The second-order valence-electron chi connectivity index (χ2n) is 3.84. The molecule has 0 unspecified atom stereocenters. The maximum atomic E-state index is 11.5. The van der Waals surface area contributed by atoms with E-state index >= 15 is 0 Å². The number of rotatable bonds is 6. The number of hydrogen-bond acceptors (Lipinski definition) is 3. The number of carbonyl (C=O) groups is 1. The summed E-state index contributed by atoms with van der Waals surface area (Å²) in [6.45, 7) is 4.15. The highest BCUT2D eigenvalue weighted by Crippen LogP contribution is 2.06. The summed E-state index contributed by atoms with van der Waals surface area (Å²) < 4.78 is 1.89. The lowest BCUT2D eigenvalue weighted by molar-refractivity contribution is -0.118. The molecular weight excluding hydrogens is 208 g/mol. The van der Waals surface area contributed by atoms with Crippen LogP contribution in [0, 0.1) is 0 Å². The summed E-state index contributed by atoms with van der Waals surface area (Å²) in [6.07, 6.45) is 5.07. The average Bonchev–Trinajstić information content (AvgIpc) is 2.63. The highest BCUT2D eigenvalue weighted by Gasteiger charge is 2.07. The van der Waals surface area contributed by atoms with Crippen LogP contribution in [-0.4, -0.2) is 27.6 Å². The van der Waals surface area contributed by atoms with Gasteiger partial charge in [0.05, 0.1) is 12.1 Å². The van der Waals surface area contributed by atoms with Crippen LogP contribution in [0.1, 0.15) is 32.0 Å². The van der Waals surface area contributed by atoms with Gasteiger partial charge in [-0.1, -0.05) is 0 Å². The summed E-state index contributed by atoms with van der Waals surface area (Å²) in [5.74, 6) is 1.18. The van der Waals surface area contributed by atoms with Crippen LogP contribution < -0.4 is 0 Å². The van der Waals surface area contributed by atoms with E-state index in [0.29, 0.717) is 18.9 Å². The lowest BCUT2D eigenvalue weighted by Gasteiger charge is -2.03. The van der Waals surface area contributed by atoms with Gasteiger partial charge in [0.25, 0.3) is 0 Å². The van der Waals surface area contributed by atoms with Crippen LogP contribution in [0.5, 0.6) is 0 Å². The van der Waals surface area contributed by atoms with Crippen molar-refractivity contribution in [2.75, 3.05) is 12.0 Å². The van der Waals surface area contributed by atoms with E-state index in [1.165, 1.54) is 0 Å². The molecule has 0 amide bonds. The van der Waals surface area contributed by atoms with Gasteiger partial charge in [0.15, 0.2) is 0 Å². The lowest BCUT2D eigenvalue weighted by atomic mass is 10.2. The molecule has 0 aromatic carbocycles. The quantitative estimate of drug-likeness (QED) is 0.746. The van der Waals surface area contributed by atoms with Crippen molar-refractivity contribution in [3.8, 4) is 0 Å². The molecule has 0 saturated carbocycles. The molecule has 0 aliphatic heterocycles. The van der Waals surface area contributed by atoms with Crippen LogP contribution in [0.3, 0.4) is 0 Å². The minimum atomic E-state index is 0.276. The van der Waals surface area contributed by atoms with Gasteiger partial charge in [-0.25, -0.2) is 0 Å². The topological polar surface area (TPSA) is 34.9 Å². The zero-order chi connectivity index (χ0) is 11.3. The Balaban J connectivity index is 2.46. The SMILES string of the molecule is CSCCC(=O)Cc1ccn(C(C)C)n1. The van der Waals surface area contributed by atoms with Gasteiger partial charge in [-0.15, -0.1) is 0 Å². The van der Waals surface area contributed by atoms with Crippen molar-refractivity contribution < 1.29 is 4.79 Å². The molecule has 1 rings (SSSR count). The highest BCUT2D eigenvalue weighted by atomic mass is 32.2. The van der Waals surface area contributed by atoms with Crippen LogP contribution in [0.4, 0.5) is 0 Å². The first-order valence-corrected chi connectivity index (χ1v) is 6.57. The average molecular weight is 226 g/mol. The Hall–Kier alpha value is -0.770. The van der Waals surface area contributed by atoms with Crippen LogP contribution >= 0.6 is 11.8 Å². The van der Waals surface area contributed by atoms with Crippen LogP contribution in [-0.2, 0) is 11.2 Å². The second-order valence-corrected chi connectivity index (χ2v) is 4.82. The van der Waals surface area contributed by atoms with Crippen molar-refractivity contribution in [2.24, 2.45) is 0 Å². The maximum Gasteiger partial charge on any atom is 0.139 e. The Morgan fingerprint density at radius 1 is 1.60 bits per heavy atom. The molecule has 1 heterocycles. The zero-order valence-electron chi connectivity index (χ0n) is 9.56. The van der Waals surface area contributed by atoms with E-state index in [-0.39, 0.29) is 5.78 Å². The van der Waals surface area contributed by atoms with Gasteiger partial charge in [0, 0.05) is 18.7 Å². The summed E-state index contributed by atoms with van der Waals surface area (Å²) in [5.41, 5.74) is 0.884. The van der Waals surface area contributed by atoms with Crippen molar-refractivity contribution >= 4 is 17.5 Å². The molecule has 1 aromatic rings. The van der Waals surface area contributed by atoms with E-state index in [0.717, 1.165) is 11.4 Å². The van der Waals surface area contributed by atoms with Crippen molar-refractivity contribution in [3.05, 3.63) is 18.0 Å². The summed E-state index contributed by atoms with van der Waals surface area (Å²) in [5, 5.41) is 4.35. The Bertz CT molecular complexity index is 320. The van der Waals surface area contributed by atoms with Gasteiger partial charge in [-0.2, -0.15) is 16.9 Å². The van der Waals surface area contributed by atoms with Gasteiger partial charge >= 0.3 is 0 Å². The monoisotopic (exact) mass is 226 g/mol. The molecule has 15 heavy (non-hydrogen) atoms. The minimum absolute atomic E-state index is 0.276. The van der Waals surface area contributed by atoms with Crippen molar-refractivity contribution in [2.45, 2.75) is 32.7 Å². The zero-order valence-corrected chi connectivity index (χ0v) is 10.4. The Morgan fingerprint density at radius 3 is 2.87 bits per heavy atom. The summed E-state index contributed by atoms with van der Waals surface area (Å²) in [6, 6.07) is 2.29. The highest BCUT2D eigenvalue weighted by molar-refractivity contribution is 7.98. The molecule has 0 bridgehead atoms. The van der Waals surface area contributed by atoms with E-state index in [4.69, 9.17) is 0 Å². The Kier molecular flexibility index (Phi) is 4.88. The van der Waals surface area contributed by atoms with Crippen LogP contribution in [0.2, 0.25) is 0 Å². The van der Waals surface area contributed by atoms with Crippen LogP contribution in [0.15, 0.2) is 12.3 Å². The third-order valence-electron chi connectivity index (χ3n) is 2.16. The smallest absolute Gasteiger partial charge is 0.139 e. The van der Waals surface area contributed by atoms with E-state index in [1.54, 1.807) is 11.8 Å². The predicted octanol–water partition coefficient (Wildman–Crippen LogP) is 2.33.